The molecule has 20 heavy (non-hydrogen) atoms. The molecule has 0 fully saturated rings. The second kappa shape index (κ2) is 6.88. The maximum Gasteiger partial charge on any atom is 0.313 e. The predicted octanol–water partition coefficient (Wildman–Crippen LogP) is 2.87. The van der Waals surface area contributed by atoms with Crippen LogP contribution in [0.5, 0.6) is 0 Å². The molecule has 0 amide bonds. The van der Waals surface area contributed by atoms with Gasteiger partial charge in [0.2, 0.25) is 0 Å². The molecule has 1 rings (SSSR count). The highest BCUT2D eigenvalue weighted by atomic mass is 35.5. The zero-order valence-corrected chi connectivity index (χ0v) is 12.8. The molecule has 0 unspecified atom stereocenters. The van der Waals surface area contributed by atoms with Crippen molar-refractivity contribution in [2.45, 2.75) is 19.9 Å². The summed E-state index contributed by atoms with van der Waals surface area (Å²) in [4.78, 5) is 21.9. The Morgan fingerprint density at radius 2 is 2.05 bits per heavy atom. The molecule has 112 valence electrons. The molecule has 0 saturated carbocycles. The standard InChI is InChI=1S/C12H15ClN2O4.ClH/c1-12(2,11(16)19-3)10(14)8-6-7(15(17)18)4-5-9(8)13;/h4-6,10H,14H2,1-3H3;1H/t10-;/m0./s1. The Kier molecular flexibility index (Phi) is 6.40. The van der Waals surface area contributed by atoms with Gasteiger partial charge in [0, 0.05) is 23.2 Å². The van der Waals surface area contributed by atoms with Gasteiger partial charge in [0.15, 0.2) is 0 Å². The first-order valence-electron chi connectivity index (χ1n) is 5.49. The van der Waals surface area contributed by atoms with Crippen LogP contribution in [0.15, 0.2) is 18.2 Å². The van der Waals surface area contributed by atoms with Gasteiger partial charge in [0.1, 0.15) is 0 Å². The van der Waals surface area contributed by atoms with Gasteiger partial charge in [-0.25, -0.2) is 0 Å². The van der Waals surface area contributed by atoms with Crippen molar-refractivity contribution < 1.29 is 14.5 Å². The second-order valence-electron chi connectivity index (χ2n) is 4.65. The number of methoxy groups -OCH3 is 1. The number of non-ortho nitro benzene ring substituents is 1. The lowest BCUT2D eigenvalue weighted by atomic mass is 9.81. The average Bonchev–Trinajstić information content (AvgIpc) is 2.36. The normalized spacial score (nSPS) is 12.2. The van der Waals surface area contributed by atoms with Crippen LogP contribution in [0, 0.1) is 15.5 Å². The molecule has 0 radical (unpaired) electrons. The predicted molar refractivity (Wildman–Crippen MR) is 78.1 cm³/mol. The number of nitro groups is 1. The van der Waals surface area contributed by atoms with Crippen LogP contribution >= 0.6 is 24.0 Å². The molecular formula is C12H16Cl2N2O4. The van der Waals surface area contributed by atoms with Crippen LogP contribution in [0.4, 0.5) is 5.69 Å². The lowest BCUT2D eigenvalue weighted by Gasteiger charge is -2.29. The molecule has 0 bridgehead atoms. The number of carbonyl (C=O) groups excluding carboxylic acids is 1. The van der Waals surface area contributed by atoms with E-state index in [1.54, 1.807) is 13.8 Å². The van der Waals surface area contributed by atoms with E-state index in [-0.39, 0.29) is 23.1 Å². The van der Waals surface area contributed by atoms with Crippen molar-refractivity contribution in [2.75, 3.05) is 7.11 Å². The third-order valence-corrected chi connectivity index (χ3v) is 3.36. The molecular weight excluding hydrogens is 307 g/mol. The Labute approximate surface area is 127 Å². The quantitative estimate of drug-likeness (QED) is 0.522. The van der Waals surface area contributed by atoms with Crippen LogP contribution in [-0.2, 0) is 9.53 Å². The molecule has 0 aliphatic carbocycles. The summed E-state index contributed by atoms with van der Waals surface area (Å²) in [7, 11) is 1.26. The number of benzene rings is 1. The number of esters is 1. The van der Waals surface area contributed by atoms with Crippen molar-refractivity contribution >= 4 is 35.7 Å². The fourth-order valence-electron chi connectivity index (χ4n) is 1.66. The number of nitro benzene ring substituents is 1. The number of hydrogen-bond acceptors (Lipinski definition) is 5. The van der Waals surface area contributed by atoms with Crippen molar-refractivity contribution in [3.8, 4) is 0 Å². The number of ether oxygens (including phenoxy) is 1. The van der Waals surface area contributed by atoms with Gasteiger partial charge >= 0.3 is 5.97 Å². The fraction of sp³-hybridized carbons (Fsp3) is 0.417. The Balaban J connectivity index is 0.00000361. The van der Waals surface area contributed by atoms with E-state index >= 15 is 0 Å². The first kappa shape index (κ1) is 18.6. The third kappa shape index (κ3) is 3.59. The van der Waals surface area contributed by atoms with E-state index in [1.807, 2.05) is 0 Å². The van der Waals surface area contributed by atoms with Crippen LogP contribution in [-0.4, -0.2) is 18.0 Å². The SMILES string of the molecule is COC(=O)C(C)(C)[C@@H](N)c1cc([N+](=O)[O-])ccc1Cl.Cl. The smallest absolute Gasteiger partial charge is 0.313 e. The number of nitrogens with two attached hydrogens (primary N) is 1. The van der Waals surface area contributed by atoms with Crippen LogP contribution in [0.2, 0.25) is 5.02 Å². The average molecular weight is 323 g/mol. The molecule has 0 spiro atoms. The number of halogens is 2. The van der Waals surface area contributed by atoms with Gasteiger partial charge in [-0.2, -0.15) is 0 Å². The molecule has 6 nitrogen and oxygen atoms in total. The number of rotatable bonds is 4. The van der Waals surface area contributed by atoms with Gasteiger partial charge in [-0.05, 0) is 25.5 Å². The second-order valence-corrected chi connectivity index (χ2v) is 5.06. The minimum Gasteiger partial charge on any atom is -0.469 e. The summed E-state index contributed by atoms with van der Waals surface area (Å²) in [5.41, 5.74) is 5.17. The summed E-state index contributed by atoms with van der Waals surface area (Å²) in [6.07, 6.45) is 0. The molecule has 1 aromatic rings. The lowest BCUT2D eigenvalue weighted by molar-refractivity contribution is -0.384. The van der Waals surface area contributed by atoms with Crippen molar-refractivity contribution in [3.05, 3.63) is 38.9 Å². The molecule has 0 heterocycles. The van der Waals surface area contributed by atoms with Gasteiger partial charge in [0.05, 0.1) is 17.4 Å². The maximum atomic E-state index is 11.7. The topological polar surface area (TPSA) is 95.5 Å². The highest BCUT2D eigenvalue weighted by molar-refractivity contribution is 6.31. The molecule has 2 N–H and O–H groups in total. The van der Waals surface area contributed by atoms with Crippen molar-refractivity contribution in [3.63, 3.8) is 0 Å². The van der Waals surface area contributed by atoms with E-state index in [2.05, 4.69) is 4.74 Å². The fourth-order valence-corrected chi connectivity index (χ4v) is 1.90. The van der Waals surface area contributed by atoms with E-state index < -0.39 is 22.3 Å². The van der Waals surface area contributed by atoms with Gasteiger partial charge in [0.25, 0.3) is 5.69 Å². The molecule has 1 aromatic carbocycles. The molecule has 0 saturated heterocycles. The number of hydrogen-bond donors (Lipinski definition) is 1. The number of nitrogens with zero attached hydrogens (tertiary/aromatic N) is 1. The van der Waals surface area contributed by atoms with Gasteiger partial charge in [-0.15, -0.1) is 12.4 Å². The maximum absolute atomic E-state index is 11.7. The van der Waals surface area contributed by atoms with Gasteiger partial charge in [-0.3, -0.25) is 14.9 Å². The summed E-state index contributed by atoms with van der Waals surface area (Å²) >= 11 is 5.99. The Morgan fingerprint density at radius 3 is 2.50 bits per heavy atom. The summed E-state index contributed by atoms with van der Waals surface area (Å²) in [6, 6.07) is 3.14. The molecule has 0 aliphatic rings. The van der Waals surface area contributed by atoms with E-state index in [0.29, 0.717) is 5.56 Å². The van der Waals surface area contributed by atoms with E-state index in [9.17, 15) is 14.9 Å². The third-order valence-electron chi connectivity index (χ3n) is 3.01. The Hall–Kier alpha value is -1.37. The summed E-state index contributed by atoms with van der Waals surface area (Å²) in [6.45, 7) is 3.19. The monoisotopic (exact) mass is 322 g/mol. The summed E-state index contributed by atoms with van der Waals surface area (Å²) in [5, 5.41) is 11.0. The van der Waals surface area contributed by atoms with Crippen LogP contribution in [0.1, 0.15) is 25.5 Å². The Bertz CT molecular complexity index is 520. The van der Waals surface area contributed by atoms with Crippen LogP contribution in [0.3, 0.4) is 0 Å². The van der Waals surface area contributed by atoms with E-state index in [0.717, 1.165) is 0 Å². The highest BCUT2D eigenvalue weighted by Crippen LogP contribution is 2.37. The van der Waals surface area contributed by atoms with Crippen molar-refractivity contribution in [2.24, 2.45) is 11.1 Å². The van der Waals surface area contributed by atoms with Crippen LogP contribution < -0.4 is 5.73 Å². The van der Waals surface area contributed by atoms with E-state index in [4.69, 9.17) is 17.3 Å². The zero-order valence-electron chi connectivity index (χ0n) is 11.3. The van der Waals surface area contributed by atoms with Crippen molar-refractivity contribution in [1.82, 2.24) is 0 Å². The minimum absolute atomic E-state index is 0. The van der Waals surface area contributed by atoms with E-state index in [1.165, 1.54) is 25.3 Å². The minimum atomic E-state index is -1.05. The molecule has 8 heteroatoms. The highest BCUT2D eigenvalue weighted by Gasteiger charge is 2.38. The van der Waals surface area contributed by atoms with Crippen LogP contribution in [0.25, 0.3) is 0 Å². The van der Waals surface area contributed by atoms with Gasteiger partial charge in [-0.1, -0.05) is 11.6 Å². The first-order chi connectivity index (χ1) is 8.71. The van der Waals surface area contributed by atoms with Crippen molar-refractivity contribution in [1.29, 1.82) is 0 Å². The molecule has 1 atom stereocenters. The Morgan fingerprint density at radius 1 is 1.50 bits per heavy atom. The zero-order chi connectivity index (χ0) is 14.8. The first-order valence-corrected chi connectivity index (χ1v) is 5.87. The van der Waals surface area contributed by atoms with Gasteiger partial charge < -0.3 is 10.5 Å². The summed E-state index contributed by atoms with van der Waals surface area (Å²) < 4.78 is 4.68. The summed E-state index contributed by atoms with van der Waals surface area (Å²) in [5.74, 6) is -0.512. The largest absolute Gasteiger partial charge is 0.469 e. The number of carbonyl (C=O) groups is 1. The molecule has 0 aliphatic heterocycles. The lowest BCUT2D eigenvalue weighted by Crippen LogP contribution is -2.37. The molecule has 0 aromatic heterocycles.